The van der Waals surface area contributed by atoms with Crippen LogP contribution in [0.2, 0.25) is 0 Å². The summed E-state index contributed by atoms with van der Waals surface area (Å²) in [7, 11) is 0. The van der Waals surface area contributed by atoms with Crippen LogP contribution in [0, 0.1) is 6.07 Å². The van der Waals surface area contributed by atoms with Crippen molar-refractivity contribution in [2.45, 2.75) is 5.92 Å². The van der Waals surface area contributed by atoms with Gasteiger partial charge in [0.25, 0.3) is 0 Å². The Morgan fingerprint density at radius 1 is 0.579 bits per heavy atom. The first-order chi connectivity index (χ1) is 9.45. The highest BCUT2D eigenvalue weighted by Crippen LogP contribution is 2.31. The van der Waals surface area contributed by atoms with Crippen LogP contribution in [0.25, 0.3) is 0 Å². The van der Waals surface area contributed by atoms with E-state index in [1.165, 1.54) is 16.7 Å². The van der Waals surface area contributed by atoms with Crippen molar-refractivity contribution in [2.24, 2.45) is 0 Å². The second-order valence-corrected chi connectivity index (χ2v) is 4.59. The molecule has 3 rings (SSSR count). The van der Waals surface area contributed by atoms with Crippen LogP contribution in [0.15, 0.2) is 84.9 Å². The fraction of sp³-hybridized carbons (Fsp3) is 0.0526. The molecule has 0 atom stereocenters. The maximum Gasteiger partial charge on any atom is 0.0340 e. The Balaban J connectivity index is 2.12. The summed E-state index contributed by atoms with van der Waals surface area (Å²) in [5.41, 5.74) is 3.90. The largest absolute Gasteiger partial charge is 0.0622 e. The predicted molar refractivity (Wildman–Crippen MR) is 79.1 cm³/mol. The smallest absolute Gasteiger partial charge is 0.0340 e. The first-order valence-corrected chi connectivity index (χ1v) is 6.51. The SMILES string of the molecule is [c]1cccc(C(c2ccccc2)c2ccccc2)c1. The first kappa shape index (κ1) is 11.7. The topological polar surface area (TPSA) is 0 Å². The molecule has 0 heterocycles. The van der Waals surface area contributed by atoms with Crippen LogP contribution < -0.4 is 0 Å². The molecule has 0 amide bonds. The van der Waals surface area contributed by atoms with Crippen LogP contribution in [0.3, 0.4) is 0 Å². The van der Waals surface area contributed by atoms with Crippen molar-refractivity contribution in [3.63, 3.8) is 0 Å². The lowest BCUT2D eigenvalue weighted by molar-refractivity contribution is 0.977. The molecular formula is C19H15. The molecule has 19 heavy (non-hydrogen) atoms. The van der Waals surface area contributed by atoms with E-state index in [-0.39, 0.29) is 5.92 Å². The van der Waals surface area contributed by atoms with Gasteiger partial charge in [0.15, 0.2) is 0 Å². The summed E-state index contributed by atoms with van der Waals surface area (Å²) in [5, 5.41) is 0. The van der Waals surface area contributed by atoms with E-state index in [1.807, 2.05) is 12.1 Å². The summed E-state index contributed by atoms with van der Waals surface area (Å²) in [6.45, 7) is 0. The van der Waals surface area contributed by atoms with Gasteiger partial charge in [0.1, 0.15) is 0 Å². The molecule has 0 saturated carbocycles. The standard InChI is InChI=1S/C19H15/c1-4-10-16(11-5-1)19(17-12-6-2-7-13-17)18-14-8-3-9-15-18/h1-8,10-15,19H. The molecule has 0 aromatic heterocycles. The van der Waals surface area contributed by atoms with Crippen LogP contribution in [-0.4, -0.2) is 0 Å². The molecule has 0 N–H and O–H groups in total. The van der Waals surface area contributed by atoms with Crippen molar-refractivity contribution >= 4 is 0 Å². The average Bonchev–Trinajstić information content (AvgIpc) is 2.51. The molecule has 0 aliphatic heterocycles. The third kappa shape index (κ3) is 2.58. The maximum atomic E-state index is 3.18. The molecule has 0 nitrogen and oxygen atoms in total. The summed E-state index contributed by atoms with van der Waals surface area (Å²) in [5.74, 6) is 0.278. The Kier molecular flexibility index (Phi) is 3.42. The van der Waals surface area contributed by atoms with Gasteiger partial charge >= 0.3 is 0 Å². The average molecular weight is 243 g/mol. The minimum atomic E-state index is 0.278. The monoisotopic (exact) mass is 243 g/mol. The van der Waals surface area contributed by atoms with Crippen molar-refractivity contribution < 1.29 is 0 Å². The summed E-state index contributed by atoms with van der Waals surface area (Å²) < 4.78 is 0. The fourth-order valence-corrected chi connectivity index (χ4v) is 2.46. The van der Waals surface area contributed by atoms with Gasteiger partial charge in [-0.3, -0.25) is 0 Å². The zero-order valence-electron chi connectivity index (χ0n) is 10.7. The molecule has 0 bridgehead atoms. The minimum absolute atomic E-state index is 0.278. The highest BCUT2D eigenvalue weighted by molar-refractivity contribution is 5.42. The Labute approximate surface area is 114 Å². The van der Waals surface area contributed by atoms with E-state index >= 15 is 0 Å². The lowest BCUT2D eigenvalue weighted by Crippen LogP contribution is -2.02. The summed E-state index contributed by atoms with van der Waals surface area (Å²) >= 11 is 0. The zero-order chi connectivity index (χ0) is 12.9. The van der Waals surface area contributed by atoms with E-state index in [9.17, 15) is 0 Å². The van der Waals surface area contributed by atoms with Gasteiger partial charge in [0.2, 0.25) is 0 Å². The Bertz CT molecular complexity index is 518. The maximum absolute atomic E-state index is 3.18. The molecule has 1 radical (unpaired) electrons. The van der Waals surface area contributed by atoms with Crippen LogP contribution >= 0.6 is 0 Å². The van der Waals surface area contributed by atoms with Gasteiger partial charge in [-0.15, -0.1) is 0 Å². The lowest BCUT2D eigenvalue weighted by Gasteiger charge is -2.18. The van der Waals surface area contributed by atoms with Crippen LogP contribution in [0.4, 0.5) is 0 Å². The van der Waals surface area contributed by atoms with Gasteiger partial charge in [-0.05, 0) is 22.8 Å². The molecular weight excluding hydrogens is 228 g/mol. The van der Waals surface area contributed by atoms with Gasteiger partial charge < -0.3 is 0 Å². The molecule has 0 aliphatic carbocycles. The second kappa shape index (κ2) is 5.53. The summed E-state index contributed by atoms with van der Waals surface area (Å²) in [6, 6.07) is 32.7. The highest BCUT2D eigenvalue weighted by Gasteiger charge is 2.15. The van der Waals surface area contributed by atoms with E-state index in [0.717, 1.165) is 0 Å². The van der Waals surface area contributed by atoms with Crippen LogP contribution in [0.1, 0.15) is 22.6 Å². The van der Waals surface area contributed by atoms with Crippen molar-refractivity contribution in [1.29, 1.82) is 0 Å². The van der Waals surface area contributed by atoms with E-state index < -0.39 is 0 Å². The first-order valence-electron chi connectivity index (χ1n) is 6.51. The lowest BCUT2D eigenvalue weighted by atomic mass is 9.85. The van der Waals surface area contributed by atoms with E-state index in [1.54, 1.807) is 0 Å². The fourth-order valence-electron chi connectivity index (χ4n) is 2.46. The minimum Gasteiger partial charge on any atom is -0.0622 e. The molecule has 0 saturated heterocycles. The Morgan fingerprint density at radius 3 is 1.58 bits per heavy atom. The van der Waals surface area contributed by atoms with Crippen molar-refractivity contribution in [2.75, 3.05) is 0 Å². The molecule has 0 fully saturated rings. The van der Waals surface area contributed by atoms with E-state index in [4.69, 9.17) is 0 Å². The van der Waals surface area contributed by atoms with Crippen LogP contribution in [0.5, 0.6) is 0 Å². The predicted octanol–water partition coefficient (Wildman–Crippen LogP) is 4.67. The molecule has 3 aromatic carbocycles. The molecule has 0 unspecified atom stereocenters. The van der Waals surface area contributed by atoms with E-state index in [2.05, 4.69) is 78.9 Å². The van der Waals surface area contributed by atoms with Gasteiger partial charge in [-0.1, -0.05) is 84.9 Å². The third-order valence-corrected chi connectivity index (χ3v) is 3.33. The quantitative estimate of drug-likeness (QED) is 0.586. The zero-order valence-corrected chi connectivity index (χ0v) is 10.7. The van der Waals surface area contributed by atoms with Gasteiger partial charge in [-0.2, -0.15) is 0 Å². The highest BCUT2D eigenvalue weighted by atomic mass is 14.2. The molecule has 0 spiro atoms. The normalized spacial score (nSPS) is 10.6. The van der Waals surface area contributed by atoms with Crippen molar-refractivity contribution in [3.8, 4) is 0 Å². The number of benzene rings is 3. The Morgan fingerprint density at radius 2 is 1.11 bits per heavy atom. The van der Waals surface area contributed by atoms with Crippen molar-refractivity contribution in [3.05, 3.63) is 108 Å². The molecule has 0 aliphatic rings. The summed E-state index contributed by atoms with van der Waals surface area (Å²) in [4.78, 5) is 0. The number of hydrogen-bond donors (Lipinski definition) is 0. The Hall–Kier alpha value is -2.34. The second-order valence-electron chi connectivity index (χ2n) is 4.59. The molecule has 91 valence electrons. The van der Waals surface area contributed by atoms with Gasteiger partial charge in [0.05, 0.1) is 0 Å². The number of rotatable bonds is 3. The molecule has 3 aromatic rings. The van der Waals surface area contributed by atoms with Gasteiger partial charge in [-0.25, -0.2) is 0 Å². The van der Waals surface area contributed by atoms with Crippen LogP contribution in [-0.2, 0) is 0 Å². The molecule has 0 heteroatoms. The van der Waals surface area contributed by atoms with E-state index in [0.29, 0.717) is 0 Å². The summed E-state index contributed by atoms with van der Waals surface area (Å²) in [6.07, 6.45) is 0. The number of hydrogen-bond acceptors (Lipinski definition) is 0. The van der Waals surface area contributed by atoms with Crippen molar-refractivity contribution in [1.82, 2.24) is 0 Å². The third-order valence-electron chi connectivity index (χ3n) is 3.33. The van der Waals surface area contributed by atoms with Gasteiger partial charge in [0, 0.05) is 5.92 Å².